The monoisotopic (exact) mass is 373 g/mol. The molecule has 1 aliphatic carbocycles. The molecule has 5 heteroatoms. The van der Waals surface area contributed by atoms with Crippen LogP contribution in [0.5, 0.6) is 0 Å². The van der Waals surface area contributed by atoms with E-state index in [-0.39, 0.29) is 5.91 Å². The fourth-order valence-corrected chi connectivity index (χ4v) is 3.55. The lowest BCUT2D eigenvalue weighted by atomic mass is 9.93. The number of nitrogens with one attached hydrogen (secondary N) is 2. The van der Waals surface area contributed by atoms with Crippen LogP contribution >= 0.6 is 0 Å². The lowest BCUT2D eigenvalue weighted by molar-refractivity contribution is 0.0994. The van der Waals surface area contributed by atoms with Gasteiger partial charge in [0.05, 0.1) is 11.4 Å². The molecule has 0 aliphatic heterocycles. The van der Waals surface area contributed by atoms with Crippen LogP contribution in [0.25, 0.3) is 0 Å². The Labute approximate surface area is 164 Å². The molecule has 142 valence electrons. The predicted molar refractivity (Wildman–Crippen MR) is 112 cm³/mol. The highest BCUT2D eigenvalue weighted by Crippen LogP contribution is 2.30. The van der Waals surface area contributed by atoms with E-state index in [1.807, 2.05) is 68.4 Å². The van der Waals surface area contributed by atoms with Gasteiger partial charge in [-0.05, 0) is 56.5 Å². The smallest absolute Gasteiger partial charge is 0.291 e. The number of carbonyl (C=O) groups is 1. The van der Waals surface area contributed by atoms with Crippen LogP contribution in [0, 0.1) is 13.8 Å². The van der Waals surface area contributed by atoms with Crippen LogP contribution in [0.1, 0.15) is 45.8 Å². The normalized spacial score (nSPS) is 14.6. The van der Waals surface area contributed by atoms with Crippen LogP contribution in [-0.2, 0) is 6.42 Å². The quantitative estimate of drug-likeness (QED) is 0.610. The van der Waals surface area contributed by atoms with Gasteiger partial charge < -0.3 is 9.73 Å². The third-order valence-corrected chi connectivity index (χ3v) is 4.90. The second kappa shape index (κ2) is 7.72. The number of rotatable bonds is 4. The number of para-hydroxylation sites is 1. The number of carbonyl (C=O) groups excluding carboxylic acids is 1. The molecule has 5 nitrogen and oxygen atoms in total. The number of nitrogens with zero attached hydrogens (tertiary/aromatic N) is 1. The number of amides is 1. The first-order valence-electron chi connectivity index (χ1n) is 9.50. The molecule has 0 spiro atoms. The summed E-state index contributed by atoms with van der Waals surface area (Å²) in [5.41, 5.74) is 8.63. The standard InChI is InChI=1S/C23H23N3O2/c1-15-8-6-11-18(14-15)24-23(27)22-16(2)21-19(12-7-13-20(21)28-22)26-25-17-9-4-3-5-10-17/h3-6,8-11,14,25H,7,12-13H2,1-2H3,(H,24,27)/b26-19+. The largest absolute Gasteiger partial charge is 0.455 e. The van der Waals surface area contributed by atoms with Crippen molar-refractivity contribution in [3.05, 3.63) is 82.8 Å². The Bertz CT molecular complexity index is 1040. The van der Waals surface area contributed by atoms with Gasteiger partial charge in [0.2, 0.25) is 0 Å². The average Bonchev–Trinajstić information content (AvgIpc) is 3.05. The number of anilines is 2. The van der Waals surface area contributed by atoms with Crippen molar-refractivity contribution in [3.8, 4) is 0 Å². The van der Waals surface area contributed by atoms with Crippen molar-refractivity contribution in [1.29, 1.82) is 0 Å². The van der Waals surface area contributed by atoms with Gasteiger partial charge in [0, 0.05) is 23.2 Å². The molecule has 0 bridgehead atoms. The predicted octanol–water partition coefficient (Wildman–Crippen LogP) is 5.30. The first-order chi connectivity index (χ1) is 13.6. The lowest BCUT2D eigenvalue weighted by Gasteiger charge is -2.13. The lowest BCUT2D eigenvalue weighted by Crippen LogP contribution is -2.14. The molecular formula is C23H23N3O2. The molecule has 0 saturated heterocycles. The molecule has 0 atom stereocenters. The molecule has 0 radical (unpaired) electrons. The van der Waals surface area contributed by atoms with Gasteiger partial charge >= 0.3 is 0 Å². The summed E-state index contributed by atoms with van der Waals surface area (Å²) in [4.78, 5) is 12.8. The van der Waals surface area contributed by atoms with E-state index in [9.17, 15) is 4.79 Å². The minimum atomic E-state index is -0.229. The zero-order chi connectivity index (χ0) is 19.5. The molecule has 1 aliphatic rings. The third-order valence-electron chi connectivity index (χ3n) is 4.90. The minimum Gasteiger partial charge on any atom is -0.455 e. The summed E-state index contributed by atoms with van der Waals surface area (Å²) < 4.78 is 5.96. The van der Waals surface area contributed by atoms with Gasteiger partial charge in [-0.1, -0.05) is 30.3 Å². The average molecular weight is 373 g/mol. The zero-order valence-corrected chi connectivity index (χ0v) is 16.1. The van der Waals surface area contributed by atoms with E-state index in [0.29, 0.717) is 5.76 Å². The highest BCUT2D eigenvalue weighted by molar-refractivity contribution is 6.09. The fraction of sp³-hybridized carbons (Fsp3) is 0.217. The second-order valence-corrected chi connectivity index (χ2v) is 7.07. The van der Waals surface area contributed by atoms with E-state index in [1.165, 1.54) is 0 Å². The summed E-state index contributed by atoms with van der Waals surface area (Å²) in [6.07, 6.45) is 2.62. The first kappa shape index (κ1) is 18.0. The summed E-state index contributed by atoms with van der Waals surface area (Å²) in [7, 11) is 0. The number of furan rings is 1. The van der Waals surface area contributed by atoms with Crippen molar-refractivity contribution in [2.24, 2.45) is 5.10 Å². The van der Waals surface area contributed by atoms with Crippen LogP contribution in [0.15, 0.2) is 64.1 Å². The summed E-state index contributed by atoms with van der Waals surface area (Å²) in [6, 6.07) is 17.6. The molecule has 1 amide bonds. The van der Waals surface area contributed by atoms with E-state index in [0.717, 1.165) is 58.8 Å². The number of hydrogen-bond donors (Lipinski definition) is 2. The second-order valence-electron chi connectivity index (χ2n) is 7.07. The van der Waals surface area contributed by atoms with Gasteiger partial charge in [-0.3, -0.25) is 10.2 Å². The highest BCUT2D eigenvalue weighted by Gasteiger charge is 2.28. The van der Waals surface area contributed by atoms with Crippen LogP contribution in [-0.4, -0.2) is 11.6 Å². The molecule has 1 heterocycles. The van der Waals surface area contributed by atoms with Gasteiger partial charge in [0.15, 0.2) is 5.76 Å². The number of benzene rings is 2. The molecule has 0 fully saturated rings. The molecule has 4 rings (SSSR count). The number of aryl methyl sites for hydroxylation is 2. The minimum absolute atomic E-state index is 0.229. The Hall–Kier alpha value is -3.34. The van der Waals surface area contributed by atoms with Gasteiger partial charge in [0.25, 0.3) is 5.91 Å². The SMILES string of the molecule is Cc1cccc(NC(=O)c2oc3c(c2C)/C(=N/Nc2ccccc2)CCC3)c1. The summed E-state index contributed by atoms with van der Waals surface area (Å²) >= 11 is 0. The Morgan fingerprint density at radius 2 is 1.79 bits per heavy atom. The van der Waals surface area contributed by atoms with Crippen molar-refractivity contribution in [3.63, 3.8) is 0 Å². The molecule has 28 heavy (non-hydrogen) atoms. The van der Waals surface area contributed by atoms with E-state index < -0.39 is 0 Å². The summed E-state index contributed by atoms with van der Waals surface area (Å²) in [5, 5.41) is 7.53. The Morgan fingerprint density at radius 3 is 2.57 bits per heavy atom. The van der Waals surface area contributed by atoms with Gasteiger partial charge in [-0.2, -0.15) is 5.10 Å². The molecule has 0 unspecified atom stereocenters. The zero-order valence-electron chi connectivity index (χ0n) is 16.1. The molecule has 3 aromatic rings. The molecule has 2 aromatic carbocycles. The van der Waals surface area contributed by atoms with Crippen LogP contribution in [0.4, 0.5) is 11.4 Å². The van der Waals surface area contributed by atoms with Gasteiger partial charge in [-0.15, -0.1) is 0 Å². The number of hydrogen-bond acceptors (Lipinski definition) is 4. The summed E-state index contributed by atoms with van der Waals surface area (Å²) in [5.74, 6) is 0.973. The Morgan fingerprint density at radius 1 is 1.00 bits per heavy atom. The molecule has 1 aromatic heterocycles. The fourth-order valence-electron chi connectivity index (χ4n) is 3.55. The van der Waals surface area contributed by atoms with Gasteiger partial charge in [-0.25, -0.2) is 0 Å². The van der Waals surface area contributed by atoms with Crippen molar-refractivity contribution in [2.75, 3.05) is 10.7 Å². The van der Waals surface area contributed by atoms with Crippen molar-refractivity contribution >= 4 is 23.0 Å². The van der Waals surface area contributed by atoms with Crippen LogP contribution in [0.3, 0.4) is 0 Å². The number of hydrazone groups is 1. The molecule has 0 saturated carbocycles. The number of fused-ring (bicyclic) bond motifs is 1. The van der Waals surface area contributed by atoms with Crippen molar-refractivity contribution in [1.82, 2.24) is 0 Å². The van der Waals surface area contributed by atoms with Gasteiger partial charge in [0.1, 0.15) is 5.76 Å². The van der Waals surface area contributed by atoms with Crippen LogP contribution in [0.2, 0.25) is 0 Å². The van der Waals surface area contributed by atoms with E-state index in [4.69, 9.17) is 4.42 Å². The highest BCUT2D eigenvalue weighted by atomic mass is 16.4. The Kier molecular flexibility index (Phi) is 4.98. The molecular weight excluding hydrogens is 350 g/mol. The maximum absolute atomic E-state index is 12.8. The first-order valence-corrected chi connectivity index (χ1v) is 9.50. The summed E-state index contributed by atoms with van der Waals surface area (Å²) in [6.45, 7) is 3.92. The van der Waals surface area contributed by atoms with E-state index in [2.05, 4.69) is 15.8 Å². The van der Waals surface area contributed by atoms with Crippen molar-refractivity contribution in [2.45, 2.75) is 33.1 Å². The van der Waals surface area contributed by atoms with Crippen molar-refractivity contribution < 1.29 is 9.21 Å². The Balaban J connectivity index is 1.60. The maximum Gasteiger partial charge on any atom is 0.291 e. The van der Waals surface area contributed by atoms with E-state index in [1.54, 1.807) is 0 Å². The van der Waals surface area contributed by atoms with Crippen LogP contribution < -0.4 is 10.7 Å². The molecule has 2 N–H and O–H groups in total. The van der Waals surface area contributed by atoms with E-state index >= 15 is 0 Å². The maximum atomic E-state index is 12.8. The topological polar surface area (TPSA) is 66.6 Å². The third kappa shape index (κ3) is 3.69.